The fourth-order valence-electron chi connectivity index (χ4n) is 2.66. The van der Waals surface area contributed by atoms with Gasteiger partial charge < -0.3 is 14.4 Å². The Morgan fingerprint density at radius 1 is 1.38 bits per heavy atom. The second-order valence-corrected chi connectivity index (χ2v) is 5.52. The van der Waals surface area contributed by atoms with E-state index in [0.29, 0.717) is 25.9 Å². The van der Waals surface area contributed by atoms with E-state index in [4.69, 9.17) is 9.47 Å². The lowest BCUT2D eigenvalue weighted by molar-refractivity contribution is -0.143. The number of amides is 1. The summed E-state index contributed by atoms with van der Waals surface area (Å²) in [7, 11) is 1.43. The molecular weight excluding hydrogens is 273 g/mol. The molecule has 0 spiro atoms. The molecule has 5 heteroatoms. The van der Waals surface area contributed by atoms with Gasteiger partial charge in [0, 0.05) is 19.5 Å². The van der Waals surface area contributed by atoms with E-state index in [2.05, 4.69) is 0 Å². The van der Waals surface area contributed by atoms with Crippen molar-refractivity contribution < 1.29 is 18.7 Å². The number of methoxy groups -OCH3 is 1. The summed E-state index contributed by atoms with van der Waals surface area (Å²) in [6.45, 7) is 5.18. The largest absolute Gasteiger partial charge is 0.494 e. The van der Waals surface area contributed by atoms with E-state index in [-0.39, 0.29) is 23.9 Å². The van der Waals surface area contributed by atoms with Crippen LogP contribution in [0.2, 0.25) is 0 Å². The van der Waals surface area contributed by atoms with Gasteiger partial charge in [-0.05, 0) is 38.0 Å². The number of hydrogen-bond acceptors (Lipinski definition) is 3. The van der Waals surface area contributed by atoms with Gasteiger partial charge in [-0.3, -0.25) is 4.79 Å². The van der Waals surface area contributed by atoms with Crippen LogP contribution in [0.4, 0.5) is 4.39 Å². The molecule has 1 heterocycles. The maximum Gasteiger partial charge on any atom is 0.223 e. The standard InChI is InChI=1S/C16H22FNO3/c1-11-9-18(10-12(2)21-11)16(19)7-5-13-4-6-15(20-3)14(17)8-13/h4,6,8,11-12H,5,7,9-10H2,1-3H3/t11-,12-/m1/s1. The summed E-state index contributed by atoms with van der Waals surface area (Å²) in [5.41, 5.74) is 0.802. The predicted molar refractivity (Wildman–Crippen MR) is 77.9 cm³/mol. The maximum atomic E-state index is 13.6. The molecule has 0 saturated carbocycles. The van der Waals surface area contributed by atoms with Gasteiger partial charge in [-0.1, -0.05) is 6.07 Å². The van der Waals surface area contributed by atoms with Crippen molar-refractivity contribution in [1.29, 1.82) is 0 Å². The number of ether oxygens (including phenoxy) is 2. The number of rotatable bonds is 4. The molecule has 2 rings (SSSR count). The highest BCUT2D eigenvalue weighted by molar-refractivity contribution is 5.76. The average molecular weight is 295 g/mol. The molecule has 4 nitrogen and oxygen atoms in total. The van der Waals surface area contributed by atoms with E-state index in [1.807, 2.05) is 18.7 Å². The second-order valence-electron chi connectivity index (χ2n) is 5.52. The van der Waals surface area contributed by atoms with Crippen molar-refractivity contribution >= 4 is 5.91 Å². The maximum absolute atomic E-state index is 13.6. The van der Waals surface area contributed by atoms with E-state index >= 15 is 0 Å². The summed E-state index contributed by atoms with van der Waals surface area (Å²) in [6, 6.07) is 4.81. The highest BCUT2D eigenvalue weighted by atomic mass is 19.1. The minimum atomic E-state index is -0.393. The Balaban J connectivity index is 1.90. The van der Waals surface area contributed by atoms with Gasteiger partial charge in [0.2, 0.25) is 5.91 Å². The van der Waals surface area contributed by atoms with Crippen LogP contribution < -0.4 is 4.74 Å². The SMILES string of the molecule is COc1ccc(CCC(=O)N2C[C@@H](C)O[C@H](C)C2)cc1F. The van der Waals surface area contributed by atoms with E-state index in [0.717, 1.165) is 5.56 Å². The average Bonchev–Trinajstić information content (AvgIpc) is 2.43. The zero-order chi connectivity index (χ0) is 15.4. The Hall–Kier alpha value is -1.62. The van der Waals surface area contributed by atoms with Gasteiger partial charge in [-0.25, -0.2) is 4.39 Å². The van der Waals surface area contributed by atoms with E-state index < -0.39 is 5.82 Å². The van der Waals surface area contributed by atoms with Gasteiger partial charge >= 0.3 is 0 Å². The highest BCUT2D eigenvalue weighted by Gasteiger charge is 2.25. The minimum absolute atomic E-state index is 0.0659. The summed E-state index contributed by atoms with van der Waals surface area (Å²) in [5, 5.41) is 0. The van der Waals surface area contributed by atoms with Gasteiger partial charge in [-0.2, -0.15) is 0 Å². The predicted octanol–water partition coefficient (Wildman–Crippen LogP) is 2.40. The van der Waals surface area contributed by atoms with Crippen LogP contribution in [0.15, 0.2) is 18.2 Å². The van der Waals surface area contributed by atoms with Gasteiger partial charge in [-0.15, -0.1) is 0 Å². The van der Waals surface area contributed by atoms with Crippen molar-refractivity contribution in [2.75, 3.05) is 20.2 Å². The Kier molecular flexibility index (Phi) is 5.17. The molecule has 0 aliphatic carbocycles. The Bertz CT molecular complexity index is 496. The van der Waals surface area contributed by atoms with Crippen LogP contribution in [-0.4, -0.2) is 43.2 Å². The lowest BCUT2D eigenvalue weighted by Crippen LogP contribution is -2.48. The van der Waals surface area contributed by atoms with Crippen LogP contribution >= 0.6 is 0 Å². The topological polar surface area (TPSA) is 38.8 Å². The first-order chi connectivity index (χ1) is 9.99. The van der Waals surface area contributed by atoms with Crippen molar-refractivity contribution in [2.45, 2.75) is 38.9 Å². The number of nitrogens with zero attached hydrogens (tertiary/aromatic N) is 1. The molecule has 1 aliphatic rings. The van der Waals surface area contributed by atoms with Crippen LogP contribution in [0, 0.1) is 5.82 Å². The highest BCUT2D eigenvalue weighted by Crippen LogP contribution is 2.19. The van der Waals surface area contributed by atoms with E-state index in [1.54, 1.807) is 12.1 Å². The molecule has 1 aliphatic heterocycles. The molecule has 0 bridgehead atoms. The number of aryl methyl sites for hydroxylation is 1. The quantitative estimate of drug-likeness (QED) is 0.856. The smallest absolute Gasteiger partial charge is 0.223 e. The fraction of sp³-hybridized carbons (Fsp3) is 0.562. The van der Waals surface area contributed by atoms with E-state index in [9.17, 15) is 9.18 Å². The molecule has 2 atom stereocenters. The first kappa shape index (κ1) is 15.8. The molecule has 1 aromatic rings. The molecular formula is C16H22FNO3. The monoisotopic (exact) mass is 295 g/mol. The van der Waals surface area contributed by atoms with Gasteiger partial charge in [0.05, 0.1) is 19.3 Å². The van der Waals surface area contributed by atoms with Crippen molar-refractivity contribution in [1.82, 2.24) is 4.90 Å². The van der Waals surface area contributed by atoms with Crippen LogP contribution in [0.25, 0.3) is 0 Å². The Morgan fingerprint density at radius 2 is 2.05 bits per heavy atom. The fourth-order valence-corrected chi connectivity index (χ4v) is 2.66. The third-order valence-corrected chi connectivity index (χ3v) is 3.62. The number of carbonyl (C=O) groups excluding carboxylic acids is 1. The molecule has 21 heavy (non-hydrogen) atoms. The van der Waals surface area contributed by atoms with Gasteiger partial charge in [0.25, 0.3) is 0 Å². The molecule has 1 amide bonds. The van der Waals surface area contributed by atoms with Crippen molar-refractivity contribution in [3.63, 3.8) is 0 Å². The van der Waals surface area contributed by atoms with Gasteiger partial charge in [0.15, 0.2) is 11.6 Å². The third kappa shape index (κ3) is 4.17. The van der Waals surface area contributed by atoms with Crippen LogP contribution in [0.3, 0.4) is 0 Å². The lowest BCUT2D eigenvalue weighted by atomic mass is 10.1. The summed E-state index contributed by atoms with van der Waals surface area (Å²) in [6.07, 6.45) is 1.04. The van der Waals surface area contributed by atoms with Crippen LogP contribution in [0.5, 0.6) is 5.75 Å². The normalized spacial score (nSPS) is 22.2. The molecule has 0 radical (unpaired) electrons. The molecule has 0 aromatic heterocycles. The zero-order valence-electron chi connectivity index (χ0n) is 12.8. The van der Waals surface area contributed by atoms with Crippen LogP contribution in [-0.2, 0) is 16.0 Å². The van der Waals surface area contributed by atoms with Crippen molar-refractivity contribution in [2.24, 2.45) is 0 Å². The van der Waals surface area contributed by atoms with Gasteiger partial charge in [0.1, 0.15) is 0 Å². The number of morpholine rings is 1. The number of hydrogen-bond donors (Lipinski definition) is 0. The molecule has 1 aromatic carbocycles. The molecule has 116 valence electrons. The summed E-state index contributed by atoms with van der Waals surface area (Å²) in [4.78, 5) is 14.1. The zero-order valence-corrected chi connectivity index (χ0v) is 12.8. The molecule has 0 unspecified atom stereocenters. The number of halogens is 1. The van der Waals surface area contributed by atoms with E-state index in [1.165, 1.54) is 13.2 Å². The van der Waals surface area contributed by atoms with Crippen molar-refractivity contribution in [3.8, 4) is 5.75 Å². The molecule has 1 saturated heterocycles. The summed E-state index contributed by atoms with van der Waals surface area (Å²) >= 11 is 0. The number of benzene rings is 1. The minimum Gasteiger partial charge on any atom is -0.494 e. The number of carbonyl (C=O) groups is 1. The van der Waals surface area contributed by atoms with Crippen molar-refractivity contribution in [3.05, 3.63) is 29.6 Å². The third-order valence-electron chi connectivity index (χ3n) is 3.62. The first-order valence-electron chi connectivity index (χ1n) is 7.25. The molecule has 0 N–H and O–H groups in total. The Labute approximate surface area is 124 Å². The van der Waals surface area contributed by atoms with Crippen LogP contribution in [0.1, 0.15) is 25.8 Å². The summed E-state index contributed by atoms with van der Waals surface area (Å²) < 4.78 is 24.1. The Morgan fingerprint density at radius 3 is 2.62 bits per heavy atom. The molecule has 1 fully saturated rings. The second kappa shape index (κ2) is 6.89. The summed E-state index contributed by atoms with van der Waals surface area (Å²) in [5.74, 6) is -0.0785. The lowest BCUT2D eigenvalue weighted by Gasteiger charge is -2.35. The first-order valence-corrected chi connectivity index (χ1v) is 7.25.